The summed E-state index contributed by atoms with van der Waals surface area (Å²) in [6, 6.07) is 21.6. The first-order valence-electron chi connectivity index (χ1n) is 9.68. The second-order valence-corrected chi connectivity index (χ2v) is 7.35. The molecule has 1 N–H and O–H groups in total. The Morgan fingerprint density at radius 1 is 1.03 bits per heavy atom. The number of nitriles is 1. The molecule has 0 unspecified atom stereocenters. The summed E-state index contributed by atoms with van der Waals surface area (Å²) in [5.74, 6) is -0.623. The third-order valence-electron chi connectivity index (χ3n) is 4.66. The smallest absolute Gasteiger partial charge is 0.271 e. The fourth-order valence-corrected chi connectivity index (χ4v) is 3.35. The lowest BCUT2D eigenvalue weighted by molar-refractivity contribution is -0.384. The first-order chi connectivity index (χ1) is 14.8. The van der Waals surface area contributed by atoms with Crippen LogP contribution in [-0.2, 0) is 11.2 Å². The number of hydrogen-bond acceptors (Lipinski definition) is 4. The Balaban J connectivity index is 1.73. The zero-order valence-electron chi connectivity index (χ0n) is 17.3. The molecule has 3 aromatic carbocycles. The quantitative estimate of drug-likeness (QED) is 0.256. The van der Waals surface area contributed by atoms with Crippen molar-refractivity contribution in [1.29, 1.82) is 5.26 Å². The molecule has 0 aliphatic rings. The Kier molecular flexibility index (Phi) is 6.58. The van der Waals surface area contributed by atoms with Gasteiger partial charge in [-0.15, -0.1) is 0 Å². The van der Waals surface area contributed by atoms with Gasteiger partial charge in [-0.25, -0.2) is 0 Å². The lowest BCUT2D eigenvalue weighted by atomic mass is 9.99. The van der Waals surface area contributed by atoms with E-state index in [2.05, 4.69) is 37.4 Å². The first-order valence-corrected chi connectivity index (χ1v) is 9.68. The number of nitro benzene ring substituents is 1. The second kappa shape index (κ2) is 9.51. The number of aryl methyl sites for hydroxylation is 2. The van der Waals surface area contributed by atoms with Crippen LogP contribution in [0.1, 0.15) is 27.8 Å². The van der Waals surface area contributed by atoms with Crippen molar-refractivity contribution >= 4 is 23.4 Å². The van der Waals surface area contributed by atoms with Gasteiger partial charge in [-0.2, -0.15) is 5.26 Å². The fraction of sp³-hybridized carbons (Fsp3) is 0.120. The van der Waals surface area contributed by atoms with E-state index in [4.69, 9.17) is 0 Å². The molecule has 0 atom stereocenters. The topological polar surface area (TPSA) is 96.0 Å². The lowest BCUT2D eigenvalue weighted by Gasteiger charge is -2.06. The lowest BCUT2D eigenvalue weighted by Crippen LogP contribution is -2.13. The summed E-state index contributed by atoms with van der Waals surface area (Å²) in [4.78, 5) is 22.8. The number of amides is 1. The van der Waals surface area contributed by atoms with E-state index in [1.807, 2.05) is 30.3 Å². The minimum absolute atomic E-state index is 0.0893. The molecule has 6 nitrogen and oxygen atoms in total. The van der Waals surface area contributed by atoms with E-state index in [-0.39, 0.29) is 16.9 Å². The van der Waals surface area contributed by atoms with Crippen LogP contribution in [0.25, 0.3) is 6.08 Å². The highest BCUT2D eigenvalue weighted by molar-refractivity contribution is 6.09. The molecule has 1 amide bonds. The summed E-state index contributed by atoms with van der Waals surface area (Å²) in [7, 11) is 0. The van der Waals surface area contributed by atoms with Gasteiger partial charge >= 0.3 is 0 Å². The van der Waals surface area contributed by atoms with Crippen LogP contribution in [0.2, 0.25) is 0 Å². The van der Waals surface area contributed by atoms with Crippen molar-refractivity contribution in [1.82, 2.24) is 0 Å². The largest absolute Gasteiger partial charge is 0.321 e. The predicted octanol–water partition coefficient (Wildman–Crippen LogP) is 5.35. The molecule has 0 fully saturated rings. The Labute approximate surface area is 180 Å². The maximum absolute atomic E-state index is 12.4. The molecule has 0 bridgehead atoms. The number of benzene rings is 3. The van der Waals surface area contributed by atoms with Crippen LogP contribution in [0.15, 0.2) is 72.3 Å². The molecular weight excluding hydrogens is 390 g/mol. The molecule has 3 aromatic rings. The zero-order chi connectivity index (χ0) is 22.4. The molecule has 6 heteroatoms. The molecule has 31 heavy (non-hydrogen) atoms. The summed E-state index contributed by atoms with van der Waals surface area (Å²) >= 11 is 0. The van der Waals surface area contributed by atoms with Gasteiger partial charge in [-0.3, -0.25) is 14.9 Å². The molecule has 0 saturated heterocycles. The molecule has 3 rings (SSSR count). The van der Waals surface area contributed by atoms with Crippen LogP contribution in [-0.4, -0.2) is 10.8 Å². The van der Waals surface area contributed by atoms with Crippen molar-refractivity contribution in [2.24, 2.45) is 0 Å². The molecule has 0 heterocycles. The predicted molar refractivity (Wildman–Crippen MR) is 120 cm³/mol. The molecule has 0 saturated carbocycles. The summed E-state index contributed by atoms with van der Waals surface area (Å²) < 4.78 is 0. The van der Waals surface area contributed by atoms with E-state index in [0.717, 1.165) is 17.5 Å². The van der Waals surface area contributed by atoms with Crippen molar-refractivity contribution in [2.75, 3.05) is 5.32 Å². The molecule has 0 radical (unpaired) electrons. The highest BCUT2D eigenvalue weighted by Crippen LogP contribution is 2.19. The summed E-state index contributed by atoms with van der Waals surface area (Å²) in [6.07, 6.45) is 2.29. The normalized spacial score (nSPS) is 10.9. The van der Waals surface area contributed by atoms with E-state index in [1.54, 1.807) is 0 Å². The molecule has 0 aliphatic carbocycles. The maximum atomic E-state index is 12.4. The maximum Gasteiger partial charge on any atom is 0.271 e. The highest BCUT2D eigenvalue weighted by Gasteiger charge is 2.12. The average Bonchev–Trinajstić information content (AvgIpc) is 2.72. The number of non-ortho nitro benzene ring substituents is 1. The van der Waals surface area contributed by atoms with Crippen molar-refractivity contribution in [2.45, 2.75) is 20.3 Å². The Hall–Kier alpha value is -4.24. The van der Waals surface area contributed by atoms with Crippen LogP contribution in [0.3, 0.4) is 0 Å². The van der Waals surface area contributed by atoms with E-state index < -0.39 is 10.8 Å². The fourth-order valence-electron chi connectivity index (χ4n) is 3.35. The standard InChI is InChI=1S/C25H21N3O3/c1-17-10-18(2)12-21(11-17)13-19-6-8-20(9-7-19)14-22(16-26)25(29)27-23-4-3-5-24(15-23)28(30)31/h3-12,14-15H,13H2,1-2H3,(H,27,29)/b22-14+. The van der Waals surface area contributed by atoms with Crippen LogP contribution >= 0.6 is 0 Å². The zero-order valence-corrected chi connectivity index (χ0v) is 17.3. The number of carbonyl (C=O) groups excluding carboxylic acids is 1. The number of nitrogens with zero attached hydrogens (tertiary/aromatic N) is 2. The number of hydrogen-bond donors (Lipinski definition) is 1. The number of nitro groups is 1. The van der Waals surface area contributed by atoms with Gasteiger partial charge < -0.3 is 5.32 Å². The van der Waals surface area contributed by atoms with Crippen molar-refractivity contribution < 1.29 is 9.72 Å². The summed E-state index contributed by atoms with van der Waals surface area (Å²) in [5, 5.41) is 22.8. The minimum Gasteiger partial charge on any atom is -0.321 e. The van der Waals surface area contributed by atoms with Gasteiger partial charge in [0.2, 0.25) is 0 Å². The number of anilines is 1. The van der Waals surface area contributed by atoms with Crippen molar-refractivity contribution in [3.63, 3.8) is 0 Å². The van der Waals surface area contributed by atoms with Gasteiger partial charge in [0.25, 0.3) is 11.6 Å². The van der Waals surface area contributed by atoms with Crippen molar-refractivity contribution in [3.05, 3.63) is 110 Å². The van der Waals surface area contributed by atoms with Gasteiger partial charge in [0.1, 0.15) is 11.6 Å². The molecule has 0 aromatic heterocycles. The van der Waals surface area contributed by atoms with Gasteiger partial charge in [0, 0.05) is 17.8 Å². The molecule has 0 aliphatic heterocycles. The molecule has 154 valence electrons. The molecular formula is C25H21N3O3. The van der Waals surface area contributed by atoms with Crippen LogP contribution in [0.4, 0.5) is 11.4 Å². The average molecular weight is 411 g/mol. The number of rotatable bonds is 6. The van der Waals surface area contributed by atoms with E-state index in [9.17, 15) is 20.2 Å². The van der Waals surface area contributed by atoms with Crippen LogP contribution < -0.4 is 5.32 Å². The highest BCUT2D eigenvalue weighted by atomic mass is 16.6. The monoisotopic (exact) mass is 411 g/mol. The minimum atomic E-state index is -0.623. The van der Waals surface area contributed by atoms with Crippen LogP contribution in [0.5, 0.6) is 0 Å². The van der Waals surface area contributed by atoms with E-state index in [0.29, 0.717) is 0 Å². The Bertz CT molecular complexity index is 1190. The van der Waals surface area contributed by atoms with Gasteiger partial charge in [-0.05, 0) is 49.1 Å². The summed E-state index contributed by atoms with van der Waals surface area (Å²) in [5.41, 5.74) is 5.55. The number of carbonyl (C=O) groups is 1. The van der Waals surface area contributed by atoms with E-state index in [1.165, 1.54) is 47.0 Å². The third-order valence-corrected chi connectivity index (χ3v) is 4.66. The van der Waals surface area contributed by atoms with Gasteiger partial charge in [0.15, 0.2) is 0 Å². The third kappa shape index (κ3) is 5.87. The van der Waals surface area contributed by atoms with Crippen LogP contribution in [0, 0.1) is 35.3 Å². The van der Waals surface area contributed by atoms with E-state index >= 15 is 0 Å². The van der Waals surface area contributed by atoms with Crippen molar-refractivity contribution in [3.8, 4) is 6.07 Å². The molecule has 0 spiro atoms. The van der Waals surface area contributed by atoms with Gasteiger partial charge in [0.05, 0.1) is 4.92 Å². The Morgan fingerprint density at radius 3 is 2.32 bits per heavy atom. The van der Waals surface area contributed by atoms with Gasteiger partial charge in [-0.1, -0.05) is 59.7 Å². The first kappa shape index (κ1) is 21.5. The second-order valence-electron chi connectivity index (χ2n) is 7.35. The summed E-state index contributed by atoms with van der Waals surface area (Å²) in [6.45, 7) is 4.15. The number of nitrogens with one attached hydrogen (secondary N) is 1. The SMILES string of the molecule is Cc1cc(C)cc(Cc2ccc(/C=C(\C#N)C(=O)Nc3cccc([N+](=O)[O-])c3)cc2)c1. The Morgan fingerprint density at radius 2 is 1.71 bits per heavy atom.